The summed E-state index contributed by atoms with van der Waals surface area (Å²) in [5.41, 5.74) is 1.77. The van der Waals surface area contributed by atoms with E-state index in [0.717, 1.165) is 0 Å². The first-order valence-corrected chi connectivity index (χ1v) is 9.60. The zero-order chi connectivity index (χ0) is 22.3. The van der Waals surface area contributed by atoms with Gasteiger partial charge in [0.1, 0.15) is 5.75 Å². The van der Waals surface area contributed by atoms with E-state index in [2.05, 4.69) is 10.5 Å². The van der Waals surface area contributed by atoms with Crippen LogP contribution in [0.15, 0.2) is 84.0 Å². The molecule has 0 aliphatic heterocycles. The number of carbonyl (C=O) groups is 2. The van der Waals surface area contributed by atoms with Crippen LogP contribution in [0.5, 0.6) is 5.75 Å². The van der Waals surface area contributed by atoms with Gasteiger partial charge in [0, 0.05) is 0 Å². The van der Waals surface area contributed by atoms with Crippen LogP contribution in [0.1, 0.15) is 16.7 Å². The van der Waals surface area contributed by atoms with Crippen LogP contribution >= 0.6 is 11.6 Å². The van der Waals surface area contributed by atoms with Gasteiger partial charge in [-0.25, -0.2) is 10.2 Å². The number of carboxylic acids is 1. The minimum Gasteiger partial charge on any atom is -0.480 e. The number of benzene rings is 3. The number of ether oxygens (including phenoxy) is 1. The number of halogens is 1. The largest absolute Gasteiger partial charge is 0.480 e. The van der Waals surface area contributed by atoms with Gasteiger partial charge in [-0.15, -0.1) is 0 Å². The Hall–Kier alpha value is -3.68. The molecule has 8 heteroatoms. The number of aliphatic carboxylic acids is 1. The molecule has 0 aliphatic carbocycles. The standard InChI is InChI=1S/C23H19ClN2O5/c24-19-13-16(11-12-20(19)31-15-21(27)28)14-25-26-22(29)23(30,17-7-3-1-4-8-17)18-9-5-2-6-10-18/h1-14,30H,15H2,(H,26,29)(H,27,28). The zero-order valence-electron chi connectivity index (χ0n) is 16.2. The molecule has 0 aliphatic rings. The number of hydrazone groups is 1. The quantitative estimate of drug-likeness (QED) is 0.370. The van der Waals surface area contributed by atoms with Gasteiger partial charge >= 0.3 is 5.97 Å². The molecule has 3 N–H and O–H groups in total. The van der Waals surface area contributed by atoms with Crippen molar-refractivity contribution in [2.75, 3.05) is 6.61 Å². The van der Waals surface area contributed by atoms with Crippen LogP contribution in [0.4, 0.5) is 0 Å². The van der Waals surface area contributed by atoms with Crippen molar-refractivity contribution >= 4 is 29.7 Å². The van der Waals surface area contributed by atoms with Crippen molar-refractivity contribution < 1.29 is 24.5 Å². The Bertz CT molecular complexity index is 1050. The van der Waals surface area contributed by atoms with E-state index in [9.17, 15) is 14.7 Å². The summed E-state index contributed by atoms with van der Waals surface area (Å²) in [6.07, 6.45) is 1.35. The highest BCUT2D eigenvalue weighted by atomic mass is 35.5. The molecule has 0 bridgehead atoms. The Morgan fingerprint density at radius 3 is 2.10 bits per heavy atom. The molecular weight excluding hydrogens is 420 g/mol. The van der Waals surface area contributed by atoms with Gasteiger partial charge in [-0.05, 0) is 34.9 Å². The zero-order valence-corrected chi connectivity index (χ0v) is 17.0. The summed E-state index contributed by atoms with van der Waals surface area (Å²) in [7, 11) is 0. The highest BCUT2D eigenvalue weighted by Crippen LogP contribution is 2.30. The summed E-state index contributed by atoms with van der Waals surface area (Å²) in [5, 5.41) is 24.1. The number of aliphatic hydroxyl groups is 1. The van der Waals surface area contributed by atoms with Crippen molar-refractivity contribution in [1.82, 2.24) is 5.43 Å². The van der Waals surface area contributed by atoms with Crippen molar-refractivity contribution in [3.05, 3.63) is 101 Å². The fourth-order valence-corrected chi connectivity index (χ4v) is 3.13. The second-order valence-electron chi connectivity index (χ2n) is 6.51. The summed E-state index contributed by atoms with van der Waals surface area (Å²) in [5.74, 6) is -1.63. The summed E-state index contributed by atoms with van der Waals surface area (Å²) < 4.78 is 5.06. The van der Waals surface area contributed by atoms with Gasteiger partial charge in [0.15, 0.2) is 12.2 Å². The fraction of sp³-hybridized carbons (Fsp3) is 0.0870. The Labute approximate surface area is 183 Å². The predicted octanol–water partition coefficient (Wildman–Crippen LogP) is 3.19. The van der Waals surface area contributed by atoms with Gasteiger partial charge in [-0.3, -0.25) is 4.79 Å². The molecule has 0 aromatic heterocycles. The van der Waals surface area contributed by atoms with E-state index >= 15 is 0 Å². The van der Waals surface area contributed by atoms with E-state index in [4.69, 9.17) is 21.4 Å². The Balaban J connectivity index is 1.78. The molecule has 7 nitrogen and oxygen atoms in total. The van der Waals surface area contributed by atoms with Gasteiger partial charge in [-0.2, -0.15) is 5.10 Å². The maximum atomic E-state index is 12.9. The number of hydrogen-bond acceptors (Lipinski definition) is 5. The lowest BCUT2D eigenvalue weighted by molar-refractivity contribution is -0.139. The first-order chi connectivity index (χ1) is 14.9. The van der Waals surface area contributed by atoms with Gasteiger partial charge in [-0.1, -0.05) is 72.3 Å². The van der Waals surface area contributed by atoms with Gasteiger partial charge in [0.05, 0.1) is 11.2 Å². The maximum Gasteiger partial charge on any atom is 0.341 e. The molecule has 3 aromatic carbocycles. The molecular formula is C23H19ClN2O5. The van der Waals surface area contributed by atoms with Crippen LogP contribution in [0, 0.1) is 0 Å². The number of carboxylic acid groups (broad SMARTS) is 1. The molecule has 3 rings (SSSR count). The van der Waals surface area contributed by atoms with Crippen molar-refractivity contribution in [3.8, 4) is 5.75 Å². The van der Waals surface area contributed by atoms with E-state index in [-0.39, 0.29) is 10.8 Å². The Morgan fingerprint density at radius 1 is 1.00 bits per heavy atom. The van der Waals surface area contributed by atoms with Gasteiger partial charge in [0.2, 0.25) is 0 Å². The molecule has 0 saturated heterocycles. The molecule has 0 heterocycles. The summed E-state index contributed by atoms with van der Waals surface area (Å²) in [6.45, 7) is -0.513. The maximum absolute atomic E-state index is 12.9. The molecule has 0 radical (unpaired) electrons. The lowest BCUT2D eigenvalue weighted by Gasteiger charge is -2.27. The van der Waals surface area contributed by atoms with E-state index in [1.807, 2.05) is 0 Å². The number of carbonyl (C=O) groups excluding carboxylic acids is 1. The summed E-state index contributed by atoms with van der Waals surface area (Å²) >= 11 is 6.08. The molecule has 31 heavy (non-hydrogen) atoms. The first-order valence-electron chi connectivity index (χ1n) is 9.22. The molecule has 158 valence electrons. The normalized spacial score (nSPS) is 11.3. The van der Waals surface area contributed by atoms with E-state index in [1.165, 1.54) is 18.3 Å². The second-order valence-corrected chi connectivity index (χ2v) is 6.92. The van der Waals surface area contributed by atoms with Crippen molar-refractivity contribution in [3.63, 3.8) is 0 Å². The Kier molecular flexibility index (Phi) is 7.02. The molecule has 1 amide bonds. The van der Waals surface area contributed by atoms with Crippen molar-refractivity contribution in [1.29, 1.82) is 0 Å². The number of rotatable bonds is 8. The number of amides is 1. The minimum absolute atomic E-state index is 0.196. The van der Waals surface area contributed by atoms with Crippen LogP contribution in [-0.4, -0.2) is 34.9 Å². The van der Waals surface area contributed by atoms with Crippen LogP contribution in [0.2, 0.25) is 5.02 Å². The van der Waals surface area contributed by atoms with E-state index < -0.39 is 24.1 Å². The van der Waals surface area contributed by atoms with Crippen molar-refractivity contribution in [2.45, 2.75) is 5.60 Å². The lowest BCUT2D eigenvalue weighted by Crippen LogP contribution is -2.43. The van der Waals surface area contributed by atoms with E-state index in [1.54, 1.807) is 66.7 Å². The average molecular weight is 439 g/mol. The molecule has 3 aromatic rings. The molecule has 0 saturated carbocycles. The summed E-state index contributed by atoms with van der Waals surface area (Å²) in [6, 6.07) is 21.7. The SMILES string of the molecule is O=C(O)COc1ccc(C=NNC(=O)C(O)(c2ccccc2)c2ccccc2)cc1Cl. The van der Waals surface area contributed by atoms with E-state index in [0.29, 0.717) is 16.7 Å². The first kappa shape index (κ1) is 22.0. The van der Waals surface area contributed by atoms with Crippen LogP contribution in [0.25, 0.3) is 0 Å². The van der Waals surface area contributed by atoms with Crippen molar-refractivity contribution in [2.24, 2.45) is 5.10 Å². The average Bonchev–Trinajstić information content (AvgIpc) is 2.79. The fourth-order valence-electron chi connectivity index (χ4n) is 2.89. The third-order valence-corrected chi connectivity index (χ3v) is 4.69. The third kappa shape index (κ3) is 5.28. The molecule has 0 atom stereocenters. The Morgan fingerprint density at radius 2 is 1.58 bits per heavy atom. The summed E-state index contributed by atoms with van der Waals surface area (Å²) in [4.78, 5) is 23.5. The van der Waals surface area contributed by atoms with Crippen LogP contribution in [0.3, 0.4) is 0 Å². The smallest absolute Gasteiger partial charge is 0.341 e. The monoisotopic (exact) mass is 438 g/mol. The second kappa shape index (κ2) is 9.88. The topological polar surface area (TPSA) is 108 Å². The number of nitrogens with zero attached hydrogens (tertiary/aromatic N) is 1. The number of hydrogen-bond donors (Lipinski definition) is 3. The molecule has 0 fully saturated rings. The predicted molar refractivity (Wildman–Crippen MR) is 116 cm³/mol. The molecule has 0 unspecified atom stereocenters. The number of nitrogens with one attached hydrogen (secondary N) is 1. The highest BCUT2D eigenvalue weighted by molar-refractivity contribution is 6.32. The van der Waals surface area contributed by atoms with Gasteiger partial charge < -0.3 is 14.9 Å². The molecule has 0 spiro atoms. The third-order valence-electron chi connectivity index (χ3n) is 4.40. The van der Waals surface area contributed by atoms with Crippen LogP contribution in [-0.2, 0) is 15.2 Å². The lowest BCUT2D eigenvalue weighted by atomic mass is 9.85. The van der Waals surface area contributed by atoms with Gasteiger partial charge in [0.25, 0.3) is 5.91 Å². The minimum atomic E-state index is -1.94. The van der Waals surface area contributed by atoms with Crippen LogP contribution < -0.4 is 10.2 Å². The highest BCUT2D eigenvalue weighted by Gasteiger charge is 2.39.